The van der Waals surface area contributed by atoms with E-state index in [1.807, 2.05) is 0 Å². The maximum atomic E-state index is 15.4. The van der Waals surface area contributed by atoms with Gasteiger partial charge in [0.05, 0.1) is 30.1 Å². The third-order valence-corrected chi connectivity index (χ3v) is 14.0. The molecular weight excluding hydrogens is 811 g/mol. The highest BCUT2D eigenvalue weighted by molar-refractivity contribution is 7.11. The van der Waals surface area contributed by atoms with Crippen LogP contribution in [-0.2, 0) is 42.9 Å². The molecule has 0 spiro atoms. The van der Waals surface area contributed by atoms with E-state index in [1.165, 1.54) is 19.9 Å². The normalized spacial score (nSPS) is 32.2. The van der Waals surface area contributed by atoms with Gasteiger partial charge >= 0.3 is 23.9 Å². The summed E-state index contributed by atoms with van der Waals surface area (Å²) >= 11 is 1.05. The Morgan fingerprint density at radius 3 is 2.13 bits per heavy atom. The minimum atomic E-state index is -2.37. The molecule has 1 aromatic heterocycles. The molecule has 2 heterocycles. The van der Waals surface area contributed by atoms with Crippen LogP contribution in [0.1, 0.15) is 86.0 Å². The molecule has 2 unspecified atom stereocenters. The average molecular weight is 860 g/mol. The van der Waals surface area contributed by atoms with Gasteiger partial charge in [-0.15, -0.1) is 11.3 Å². The van der Waals surface area contributed by atoms with Crippen LogP contribution in [0.2, 0.25) is 0 Å². The summed E-state index contributed by atoms with van der Waals surface area (Å²) in [4.78, 5) is 83.3. The number of carbonyl (C=O) groups excluding carboxylic acids is 6. The van der Waals surface area contributed by atoms with E-state index >= 15 is 4.79 Å². The van der Waals surface area contributed by atoms with Gasteiger partial charge in [-0.2, -0.15) is 0 Å². The Kier molecular flexibility index (Phi) is 11.6. The second-order valence-electron chi connectivity index (χ2n) is 17.0. The van der Waals surface area contributed by atoms with Crippen LogP contribution in [0.5, 0.6) is 0 Å². The number of Topliss-reactive ketones (excluding diaryl/α,β-unsaturated/α-hetero) is 1. The van der Waals surface area contributed by atoms with E-state index in [2.05, 4.69) is 5.32 Å². The fourth-order valence-corrected chi connectivity index (χ4v) is 10.6. The number of nitrogens with one attached hydrogen (secondary N) is 1. The maximum absolute atomic E-state index is 15.4. The van der Waals surface area contributed by atoms with Crippen molar-refractivity contribution in [1.82, 2.24) is 5.32 Å². The summed E-state index contributed by atoms with van der Waals surface area (Å²) in [5.41, 5.74) is -7.02. The number of ether oxygens (including phenoxy) is 5. The van der Waals surface area contributed by atoms with E-state index in [-0.39, 0.29) is 34.6 Å². The molecule has 4 N–H and O–H groups in total. The monoisotopic (exact) mass is 859 g/mol. The van der Waals surface area contributed by atoms with Crippen LogP contribution in [0.3, 0.4) is 0 Å². The Balaban J connectivity index is 1.38. The highest BCUT2D eigenvalue weighted by atomic mass is 32.1. The standard InChI is InChI=1S/C45H49NO14S/c1-23-28(58-41(54)34(50)33(26-14-9-7-10-15-26)46-39(52)27-16-11-8-12-17-27)21-45(55)38(59-40(53)29-18-13-19-61-29)36-43(6,30(49)20-31-44(36,22-56-31)60-25(3)48)37(51)35(57-24(2)47)32(23)42(45,4)5/h7-19,28,30-31,33-36,38,49-50,55H,20-22H2,1-6H3,(H,46,52)/t28-,30-,31+,33-,34+,35+,36?,38?,43+,44-,45+/m0/s1. The lowest BCUT2D eigenvalue weighted by Gasteiger charge is -2.67. The van der Waals surface area contributed by atoms with Crippen LogP contribution < -0.4 is 5.32 Å². The van der Waals surface area contributed by atoms with Gasteiger partial charge in [0.1, 0.15) is 28.8 Å². The predicted octanol–water partition coefficient (Wildman–Crippen LogP) is 3.80. The molecule has 3 aromatic rings. The molecule has 324 valence electrons. The van der Waals surface area contributed by atoms with Crippen molar-refractivity contribution < 1.29 is 67.8 Å². The van der Waals surface area contributed by atoms with Crippen LogP contribution in [-0.4, -0.2) is 105 Å². The first-order valence-electron chi connectivity index (χ1n) is 20.0. The summed E-state index contributed by atoms with van der Waals surface area (Å²) in [5.74, 6) is -6.77. The van der Waals surface area contributed by atoms with Crippen molar-refractivity contribution in [2.45, 2.75) is 108 Å². The molecule has 16 heteroatoms. The number of hydrogen-bond acceptors (Lipinski definition) is 15. The summed E-state index contributed by atoms with van der Waals surface area (Å²) in [7, 11) is 0. The molecule has 1 aliphatic heterocycles. The van der Waals surface area contributed by atoms with Crippen LogP contribution in [0, 0.1) is 16.7 Å². The summed E-state index contributed by atoms with van der Waals surface area (Å²) in [6, 6.07) is 18.2. The van der Waals surface area contributed by atoms with Crippen LogP contribution in [0.4, 0.5) is 0 Å². The van der Waals surface area contributed by atoms with E-state index < -0.39 is 113 Å². The molecule has 15 nitrogen and oxygen atoms in total. The lowest BCUT2D eigenvalue weighted by Crippen LogP contribution is -2.82. The molecule has 3 aliphatic carbocycles. The largest absolute Gasteiger partial charge is 0.456 e. The van der Waals surface area contributed by atoms with Crippen molar-refractivity contribution in [3.63, 3.8) is 0 Å². The predicted molar refractivity (Wildman–Crippen MR) is 216 cm³/mol. The van der Waals surface area contributed by atoms with Gasteiger partial charge in [0, 0.05) is 37.7 Å². The Morgan fingerprint density at radius 2 is 1.56 bits per heavy atom. The van der Waals surface area contributed by atoms with Crippen molar-refractivity contribution >= 4 is 46.9 Å². The summed E-state index contributed by atoms with van der Waals surface area (Å²) in [6.07, 6.45) is -10.4. The minimum absolute atomic E-state index is 0.00305. The van der Waals surface area contributed by atoms with E-state index in [9.17, 15) is 39.3 Å². The van der Waals surface area contributed by atoms with E-state index in [1.54, 1.807) is 86.0 Å². The molecule has 1 saturated heterocycles. The van der Waals surface area contributed by atoms with Gasteiger partial charge in [0.15, 0.2) is 23.6 Å². The molecular formula is C45H49NO14S. The van der Waals surface area contributed by atoms with Gasteiger partial charge in [-0.3, -0.25) is 19.2 Å². The molecule has 61 heavy (non-hydrogen) atoms. The smallest absolute Gasteiger partial charge is 0.348 e. The minimum Gasteiger partial charge on any atom is -0.456 e. The fourth-order valence-electron chi connectivity index (χ4n) is 9.99. The van der Waals surface area contributed by atoms with Gasteiger partial charge in [0.25, 0.3) is 5.91 Å². The number of rotatable bonds is 10. The Morgan fingerprint density at radius 1 is 0.902 bits per heavy atom. The van der Waals surface area contributed by atoms with Crippen molar-refractivity contribution in [2.75, 3.05) is 6.61 Å². The number of ketones is 1. The molecule has 4 aliphatic rings. The molecule has 1 amide bonds. The first kappa shape index (κ1) is 43.8. The van der Waals surface area contributed by atoms with Gasteiger partial charge in [-0.25, -0.2) is 9.59 Å². The number of aliphatic hydroxyl groups is 3. The molecule has 11 atom stereocenters. The summed E-state index contributed by atoms with van der Waals surface area (Å²) in [6.45, 7) is 7.99. The van der Waals surface area contributed by atoms with E-state index in [4.69, 9.17) is 23.7 Å². The third kappa shape index (κ3) is 7.27. The number of aliphatic hydroxyl groups excluding tert-OH is 2. The van der Waals surface area contributed by atoms with E-state index in [0.717, 1.165) is 25.2 Å². The molecule has 2 saturated carbocycles. The number of amides is 1. The second-order valence-corrected chi connectivity index (χ2v) is 17.9. The zero-order chi connectivity index (χ0) is 44.2. The first-order chi connectivity index (χ1) is 28.8. The number of thiophene rings is 1. The van der Waals surface area contributed by atoms with Crippen molar-refractivity contribution in [3.8, 4) is 0 Å². The van der Waals surface area contributed by atoms with Gasteiger partial charge < -0.3 is 44.3 Å². The van der Waals surface area contributed by atoms with Gasteiger partial charge in [0.2, 0.25) is 0 Å². The highest BCUT2D eigenvalue weighted by Crippen LogP contribution is 2.64. The summed E-state index contributed by atoms with van der Waals surface area (Å²) < 4.78 is 30.2. The van der Waals surface area contributed by atoms with E-state index in [0.29, 0.717) is 5.56 Å². The topological polar surface area (TPSA) is 221 Å². The second kappa shape index (κ2) is 16.2. The Bertz CT molecular complexity index is 2240. The third-order valence-electron chi connectivity index (χ3n) is 13.2. The zero-order valence-corrected chi connectivity index (χ0v) is 35.3. The van der Waals surface area contributed by atoms with Crippen LogP contribution in [0.25, 0.3) is 0 Å². The van der Waals surface area contributed by atoms with Crippen molar-refractivity contribution in [3.05, 3.63) is 105 Å². The molecule has 2 aromatic carbocycles. The molecule has 7 rings (SSSR count). The molecule has 3 fully saturated rings. The number of hydrogen-bond donors (Lipinski definition) is 4. The Hall–Kier alpha value is -5.26. The SMILES string of the molecule is CC(=O)O[C@H]1C(=O)[C@@]2(C)C(C(OC(=O)c3cccs3)[C@]3(O)C[C@H](OC(=O)[C@H](O)[C@@H](NC(=O)c4ccccc4)c4ccccc4)C(C)=C1C3(C)C)[C@]1(OC(C)=O)CO[C@@H]1C[C@@H]2O. The van der Waals surface area contributed by atoms with Crippen LogP contribution >= 0.6 is 11.3 Å². The highest BCUT2D eigenvalue weighted by Gasteiger charge is 2.78. The fraction of sp³-hybridized carbons (Fsp3) is 0.467. The summed E-state index contributed by atoms with van der Waals surface area (Å²) in [5, 5.41) is 41.8. The van der Waals surface area contributed by atoms with Gasteiger partial charge in [-0.05, 0) is 54.1 Å². The Labute approximate surface area is 356 Å². The lowest BCUT2D eigenvalue weighted by molar-refractivity contribution is -0.346. The number of carbonyl (C=O) groups is 6. The van der Waals surface area contributed by atoms with Crippen molar-refractivity contribution in [2.24, 2.45) is 16.7 Å². The first-order valence-corrected chi connectivity index (χ1v) is 20.8. The van der Waals surface area contributed by atoms with Gasteiger partial charge in [-0.1, -0.05) is 68.4 Å². The number of esters is 4. The number of fused-ring (bicyclic) bond motifs is 5. The molecule has 0 radical (unpaired) electrons. The molecule has 2 bridgehead atoms. The van der Waals surface area contributed by atoms with Crippen molar-refractivity contribution in [1.29, 1.82) is 0 Å². The quantitative estimate of drug-likeness (QED) is 0.130. The van der Waals surface area contributed by atoms with Crippen LogP contribution in [0.15, 0.2) is 89.3 Å². The average Bonchev–Trinajstić information content (AvgIpc) is 3.77. The maximum Gasteiger partial charge on any atom is 0.348 e. The zero-order valence-electron chi connectivity index (χ0n) is 34.5. The lowest BCUT2D eigenvalue weighted by atomic mass is 9.44. The number of benzene rings is 2.